The first-order chi connectivity index (χ1) is 8.15. The molecule has 0 aromatic carbocycles. The second kappa shape index (κ2) is 5.23. The lowest BCUT2D eigenvalue weighted by molar-refractivity contribution is -0.117. The van der Waals surface area contributed by atoms with Crippen LogP contribution < -0.4 is 9.64 Å². The number of hydrogen-bond donors (Lipinski definition) is 0. The predicted molar refractivity (Wildman–Crippen MR) is 69.7 cm³/mol. The molecule has 0 N–H and O–H groups in total. The Morgan fingerprint density at radius 1 is 1.71 bits per heavy atom. The fourth-order valence-corrected chi connectivity index (χ4v) is 2.37. The van der Waals surface area contributed by atoms with Gasteiger partial charge in [0.1, 0.15) is 0 Å². The number of carbonyl (C=O) groups excluding carboxylic acids is 1. The second-order valence-electron chi connectivity index (χ2n) is 3.91. The first-order valence-electron chi connectivity index (χ1n) is 5.21. The van der Waals surface area contributed by atoms with E-state index in [2.05, 4.69) is 20.9 Å². The van der Waals surface area contributed by atoms with Crippen molar-refractivity contribution in [3.63, 3.8) is 0 Å². The van der Waals surface area contributed by atoms with Crippen molar-refractivity contribution in [2.45, 2.75) is 6.42 Å². The van der Waals surface area contributed by atoms with Crippen molar-refractivity contribution >= 4 is 39.3 Å². The topological polar surface area (TPSA) is 42.4 Å². The summed E-state index contributed by atoms with van der Waals surface area (Å²) >= 11 is 9.11. The molecular weight excluding hydrogens is 307 g/mol. The Hall–Kier alpha value is -0.810. The number of aromatic nitrogens is 1. The SMILES string of the molecule is COc1cc(Br)cnc1N1CC(CCl)CC1=O. The molecule has 0 aliphatic carbocycles. The van der Waals surface area contributed by atoms with E-state index in [0.717, 1.165) is 4.47 Å². The molecule has 0 saturated carbocycles. The Bertz CT molecular complexity index is 441. The van der Waals surface area contributed by atoms with Crippen molar-refractivity contribution in [1.82, 2.24) is 4.98 Å². The predicted octanol–water partition coefficient (Wildman–Crippen LogP) is 2.44. The van der Waals surface area contributed by atoms with Gasteiger partial charge in [-0.05, 0) is 27.9 Å². The van der Waals surface area contributed by atoms with Crippen LogP contribution in [0.15, 0.2) is 16.7 Å². The molecular formula is C11H12BrClN2O2. The Labute approximate surface area is 113 Å². The molecule has 1 atom stereocenters. The number of pyridine rings is 1. The molecule has 2 heterocycles. The van der Waals surface area contributed by atoms with Crippen LogP contribution in [-0.4, -0.2) is 30.4 Å². The highest BCUT2D eigenvalue weighted by atomic mass is 79.9. The van der Waals surface area contributed by atoms with E-state index in [1.165, 1.54) is 0 Å². The van der Waals surface area contributed by atoms with Gasteiger partial charge in [-0.2, -0.15) is 0 Å². The van der Waals surface area contributed by atoms with Gasteiger partial charge in [-0.1, -0.05) is 0 Å². The smallest absolute Gasteiger partial charge is 0.228 e. The first-order valence-corrected chi connectivity index (χ1v) is 6.54. The number of anilines is 1. The monoisotopic (exact) mass is 318 g/mol. The van der Waals surface area contributed by atoms with Gasteiger partial charge in [0.25, 0.3) is 0 Å². The molecule has 0 spiro atoms. The van der Waals surface area contributed by atoms with E-state index < -0.39 is 0 Å². The number of amides is 1. The van der Waals surface area contributed by atoms with E-state index in [9.17, 15) is 4.79 Å². The van der Waals surface area contributed by atoms with Gasteiger partial charge >= 0.3 is 0 Å². The molecule has 1 unspecified atom stereocenters. The molecule has 1 fully saturated rings. The van der Waals surface area contributed by atoms with E-state index in [4.69, 9.17) is 16.3 Å². The number of ether oxygens (including phenoxy) is 1. The van der Waals surface area contributed by atoms with Gasteiger partial charge in [-0.3, -0.25) is 9.69 Å². The summed E-state index contributed by atoms with van der Waals surface area (Å²) < 4.78 is 6.05. The molecule has 0 bridgehead atoms. The van der Waals surface area contributed by atoms with Crippen molar-refractivity contribution in [2.24, 2.45) is 5.92 Å². The number of hydrogen-bond acceptors (Lipinski definition) is 3. The van der Waals surface area contributed by atoms with E-state index in [-0.39, 0.29) is 11.8 Å². The van der Waals surface area contributed by atoms with E-state index in [0.29, 0.717) is 30.4 Å². The maximum absolute atomic E-state index is 11.9. The van der Waals surface area contributed by atoms with Crippen molar-refractivity contribution in [3.05, 3.63) is 16.7 Å². The summed E-state index contributed by atoms with van der Waals surface area (Å²) in [5.41, 5.74) is 0. The highest BCUT2D eigenvalue weighted by molar-refractivity contribution is 9.10. The molecule has 6 heteroatoms. The van der Waals surface area contributed by atoms with Crippen molar-refractivity contribution in [2.75, 3.05) is 24.4 Å². The number of methoxy groups -OCH3 is 1. The van der Waals surface area contributed by atoms with Crippen molar-refractivity contribution < 1.29 is 9.53 Å². The summed E-state index contributed by atoms with van der Waals surface area (Å²) in [7, 11) is 1.56. The van der Waals surface area contributed by atoms with Crippen LogP contribution in [0.5, 0.6) is 5.75 Å². The molecule has 4 nitrogen and oxygen atoms in total. The number of nitrogens with zero attached hydrogens (tertiary/aromatic N) is 2. The Morgan fingerprint density at radius 2 is 2.47 bits per heavy atom. The Kier molecular flexibility index (Phi) is 3.89. The molecule has 1 aromatic heterocycles. The minimum absolute atomic E-state index is 0.0452. The van der Waals surface area contributed by atoms with Crippen LogP contribution in [0.25, 0.3) is 0 Å². The zero-order valence-electron chi connectivity index (χ0n) is 9.32. The number of halogens is 2. The highest BCUT2D eigenvalue weighted by Gasteiger charge is 2.32. The second-order valence-corrected chi connectivity index (χ2v) is 5.13. The van der Waals surface area contributed by atoms with Gasteiger partial charge in [-0.15, -0.1) is 11.6 Å². The average molecular weight is 320 g/mol. The molecule has 2 rings (SSSR count). The third-order valence-electron chi connectivity index (χ3n) is 2.70. The number of alkyl halides is 1. The quantitative estimate of drug-likeness (QED) is 0.804. The van der Waals surface area contributed by atoms with E-state index in [1.54, 1.807) is 24.3 Å². The van der Waals surface area contributed by atoms with Crippen LogP contribution in [-0.2, 0) is 4.79 Å². The minimum Gasteiger partial charge on any atom is -0.493 e. The zero-order chi connectivity index (χ0) is 12.4. The summed E-state index contributed by atoms with van der Waals surface area (Å²) in [6.07, 6.45) is 2.13. The summed E-state index contributed by atoms with van der Waals surface area (Å²) in [6.45, 7) is 0.604. The van der Waals surface area contributed by atoms with Crippen LogP contribution in [0, 0.1) is 5.92 Å². The molecule has 1 saturated heterocycles. The maximum atomic E-state index is 11.9. The molecule has 0 radical (unpaired) electrons. The van der Waals surface area contributed by atoms with Gasteiger partial charge < -0.3 is 4.74 Å². The molecule has 17 heavy (non-hydrogen) atoms. The van der Waals surface area contributed by atoms with Crippen LogP contribution in [0.1, 0.15) is 6.42 Å². The van der Waals surface area contributed by atoms with Crippen LogP contribution in [0.4, 0.5) is 5.82 Å². The van der Waals surface area contributed by atoms with Gasteiger partial charge in [-0.25, -0.2) is 4.98 Å². The first kappa shape index (κ1) is 12.6. The van der Waals surface area contributed by atoms with Crippen LogP contribution in [0.2, 0.25) is 0 Å². The van der Waals surface area contributed by atoms with Crippen LogP contribution in [0.3, 0.4) is 0 Å². The molecule has 1 aliphatic rings. The van der Waals surface area contributed by atoms with Gasteiger partial charge in [0, 0.05) is 29.5 Å². The summed E-state index contributed by atoms with van der Waals surface area (Å²) in [5, 5.41) is 0. The van der Waals surface area contributed by atoms with Crippen molar-refractivity contribution in [3.8, 4) is 5.75 Å². The standard InChI is InChI=1S/C11H12BrClN2O2/c1-17-9-3-8(12)5-14-11(9)15-6-7(4-13)2-10(15)16/h3,5,7H,2,4,6H2,1H3. The average Bonchev–Trinajstić information content (AvgIpc) is 2.70. The number of rotatable bonds is 3. The molecule has 1 aliphatic heterocycles. The fourth-order valence-electron chi connectivity index (χ4n) is 1.86. The van der Waals surface area contributed by atoms with Crippen LogP contribution >= 0.6 is 27.5 Å². The minimum atomic E-state index is 0.0452. The van der Waals surface area contributed by atoms with Crippen molar-refractivity contribution in [1.29, 1.82) is 0 Å². The summed E-state index contributed by atoms with van der Waals surface area (Å²) in [5.74, 6) is 1.88. The van der Waals surface area contributed by atoms with Gasteiger partial charge in [0.05, 0.1) is 7.11 Å². The molecule has 92 valence electrons. The van der Waals surface area contributed by atoms with E-state index in [1.807, 2.05) is 0 Å². The largest absolute Gasteiger partial charge is 0.493 e. The lowest BCUT2D eigenvalue weighted by Gasteiger charge is -2.18. The molecule has 1 amide bonds. The highest BCUT2D eigenvalue weighted by Crippen LogP contribution is 2.32. The zero-order valence-corrected chi connectivity index (χ0v) is 11.7. The molecule has 1 aromatic rings. The Balaban J connectivity index is 2.31. The lowest BCUT2D eigenvalue weighted by Crippen LogP contribution is -2.26. The van der Waals surface area contributed by atoms with Gasteiger partial charge in [0.15, 0.2) is 11.6 Å². The third kappa shape index (κ3) is 2.55. The number of carbonyl (C=O) groups is 1. The maximum Gasteiger partial charge on any atom is 0.228 e. The fraction of sp³-hybridized carbons (Fsp3) is 0.455. The Morgan fingerprint density at radius 3 is 3.06 bits per heavy atom. The summed E-state index contributed by atoms with van der Waals surface area (Å²) in [4.78, 5) is 17.7. The lowest BCUT2D eigenvalue weighted by atomic mass is 10.1. The van der Waals surface area contributed by atoms with Gasteiger partial charge in [0.2, 0.25) is 5.91 Å². The van der Waals surface area contributed by atoms with E-state index >= 15 is 0 Å². The normalized spacial score (nSPS) is 19.8. The third-order valence-corrected chi connectivity index (χ3v) is 3.57. The summed E-state index contributed by atoms with van der Waals surface area (Å²) in [6, 6.07) is 1.80.